The highest BCUT2D eigenvalue weighted by Gasteiger charge is 2.24. The van der Waals surface area contributed by atoms with Crippen molar-refractivity contribution in [2.75, 3.05) is 0 Å². The molecule has 0 aliphatic heterocycles. The lowest BCUT2D eigenvalue weighted by Gasteiger charge is -2.22. The molecule has 1 atom stereocenters. The van der Waals surface area contributed by atoms with Crippen molar-refractivity contribution < 1.29 is 9.21 Å². The number of carbonyl (C=O) groups is 1. The molecule has 6 nitrogen and oxygen atoms in total. The number of aromatic nitrogens is 3. The molecule has 6 heteroatoms. The quantitative estimate of drug-likeness (QED) is 0.804. The number of aryl methyl sites for hydroxylation is 1. The highest BCUT2D eigenvalue weighted by molar-refractivity contribution is 5.80. The van der Waals surface area contributed by atoms with E-state index in [-0.39, 0.29) is 18.5 Å². The van der Waals surface area contributed by atoms with Crippen LogP contribution in [0.15, 0.2) is 41.0 Å². The lowest BCUT2D eigenvalue weighted by molar-refractivity contribution is -0.122. The molecule has 0 spiro atoms. The van der Waals surface area contributed by atoms with Crippen LogP contribution in [0.5, 0.6) is 0 Å². The summed E-state index contributed by atoms with van der Waals surface area (Å²) in [6.07, 6.45) is 4.61. The zero-order valence-corrected chi connectivity index (χ0v) is 12.0. The molecule has 1 amide bonds. The number of benzene rings is 1. The van der Waals surface area contributed by atoms with Crippen molar-refractivity contribution in [3.05, 3.63) is 47.9 Å². The van der Waals surface area contributed by atoms with E-state index in [4.69, 9.17) is 4.42 Å². The lowest BCUT2D eigenvalue weighted by atomic mass is 9.93. The molecule has 2 heterocycles. The molecule has 0 saturated heterocycles. The third kappa shape index (κ3) is 2.26. The summed E-state index contributed by atoms with van der Waals surface area (Å²) >= 11 is 0. The van der Waals surface area contributed by atoms with Crippen molar-refractivity contribution in [3.8, 4) is 0 Å². The molecule has 1 N–H and O–H groups in total. The molecule has 2 aromatic heterocycles. The maximum atomic E-state index is 12.3. The van der Waals surface area contributed by atoms with Gasteiger partial charge in [0.25, 0.3) is 0 Å². The van der Waals surface area contributed by atoms with Gasteiger partial charge in [-0.1, -0.05) is 17.3 Å². The van der Waals surface area contributed by atoms with Crippen molar-refractivity contribution in [3.63, 3.8) is 0 Å². The third-order valence-electron chi connectivity index (χ3n) is 4.10. The first-order chi connectivity index (χ1) is 10.8. The molecular weight excluding hydrogens is 280 g/mol. The predicted molar refractivity (Wildman–Crippen MR) is 80.1 cm³/mol. The van der Waals surface area contributed by atoms with Crippen molar-refractivity contribution in [1.29, 1.82) is 0 Å². The summed E-state index contributed by atoms with van der Waals surface area (Å²) in [6, 6.07) is 9.60. The smallest absolute Gasteiger partial charge is 0.242 e. The van der Waals surface area contributed by atoms with Gasteiger partial charge in [-0.3, -0.25) is 4.79 Å². The molecular formula is C16H16N4O2. The van der Waals surface area contributed by atoms with Crippen LogP contribution in [0.3, 0.4) is 0 Å². The van der Waals surface area contributed by atoms with Crippen molar-refractivity contribution in [2.24, 2.45) is 0 Å². The van der Waals surface area contributed by atoms with Gasteiger partial charge in [-0.25, -0.2) is 4.68 Å². The number of nitrogens with one attached hydrogen (secondary N) is 1. The molecule has 0 radical (unpaired) electrons. The molecule has 0 bridgehead atoms. The highest BCUT2D eigenvalue weighted by atomic mass is 16.3. The molecule has 4 rings (SSSR count). The van der Waals surface area contributed by atoms with Gasteiger partial charge in [-0.05, 0) is 31.0 Å². The Morgan fingerprint density at radius 3 is 3.23 bits per heavy atom. The summed E-state index contributed by atoms with van der Waals surface area (Å²) in [4.78, 5) is 12.3. The topological polar surface area (TPSA) is 73.0 Å². The highest BCUT2D eigenvalue weighted by Crippen LogP contribution is 2.30. The summed E-state index contributed by atoms with van der Waals surface area (Å²) in [5.41, 5.74) is 2.76. The molecule has 1 aliphatic rings. The number of hydrogen-bond donors (Lipinski definition) is 1. The van der Waals surface area contributed by atoms with Gasteiger partial charge in [0.15, 0.2) is 0 Å². The number of amides is 1. The van der Waals surface area contributed by atoms with Crippen molar-refractivity contribution in [2.45, 2.75) is 31.8 Å². The van der Waals surface area contributed by atoms with Crippen LogP contribution in [-0.4, -0.2) is 20.9 Å². The van der Waals surface area contributed by atoms with E-state index < -0.39 is 0 Å². The molecule has 0 saturated carbocycles. The molecule has 22 heavy (non-hydrogen) atoms. The average molecular weight is 296 g/mol. The second-order valence-corrected chi connectivity index (χ2v) is 5.55. The number of hydrogen-bond acceptors (Lipinski definition) is 4. The monoisotopic (exact) mass is 296 g/mol. The van der Waals surface area contributed by atoms with Crippen LogP contribution >= 0.6 is 0 Å². The van der Waals surface area contributed by atoms with Gasteiger partial charge >= 0.3 is 0 Å². The van der Waals surface area contributed by atoms with Gasteiger partial charge in [-0.2, -0.15) is 0 Å². The Kier molecular flexibility index (Phi) is 3.14. The van der Waals surface area contributed by atoms with Crippen molar-refractivity contribution >= 4 is 16.9 Å². The Balaban J connectivity index is 1.50. The maximum absolute atomic E-state index is 12.3. The van der Waals surface area contributed by atoms with Crippen LogP contribution in [-0.2, 0) is 17.8 Å². The summed E-state index contributed by atoms with van der Waals surface area (Å²) in [7, 11) is 0. The van der Waals surface area contributed by atoms with Crippen LogP contribution in [0.2, 0.25) is 0 Å². The van der Waals surface area contributed by atoms with E-state index in [1.807, 2.05) is 30.3 Å². The maximum Gasteiger partial charge on any atom is 0.242 e. The number of para-hydroxylation sites is 1. The Morgan fingerprint density at radius 1 is 1.36 bits per heavy atom. The lowest BCUT2D eigenvalue weighted by Crippen LogP contribution is -2.33. The minimum absolute atomic E-state index is 0.0322. The first kappa shape index (κ1) is 13.1. The van der Waals surface area contributed by atoms with Gasteiger partial charge in [0.2, 0.25) is 5.91 Å². The van der Waals surface area contributed by atoms with Crippen LogP contribution < -0.4 is 5.32 Å². The normalized spacial score (nSPS) is 17.4. The van der Waals surface area contributed by atoms with E-state index in [0.717, 1.165) is 41.6 Å². The molecule has 1 aromatic carbocycles. The van der Waals surface area contributed by atoms with Gasteiger partial charge in [0, 0.05) is 12.0 Å². The number of furan rings is 1. The van der Waals surface area contributed by atoms with Gasteiger partial charge in [0.1, 0.15) is 17.8 Å². The summed E-state index contributed by atoms with van der Waals surface area (Å²) in [5.74, 6) is 0.928. The zero-order valence-electron chi connectivity index (χ0n) is 12.0. The second-order valence-electron chi connectivity index (χ2n) is 5.55. The molecule has 0 fully saturated rings. The fraction of sp³-hybridized carbons (Fsp3) is 0.312. The van der Waals surface area contributed by atoms with E-state index >= 15 is 0 Å². The SMILES string of the molecule is O=C(Cn1nnc2ccccc21)N[C@H]1CCCc2occc21. The minimum atomic E-state index is -0.0605. The minimum Gasteiger partial charge on any atom is -0.469 e. The second kappa shape index (κ2) is 5.29. The fourth-order valence-electron chi connectivity index (χ4n) is 3.05. The molecule has 0 unspecified atom stereocenters. The largest absolute Gasteiger partial charge is 0.469 e. The Labute approximate surface area is 127 Å². The summed E-state index contributed by atoms with van der Waals surface area (Å²) in [6.45, 7) is 0.171. The van der Waals surface area contributed by atoms with Gasteiger partial charge < -0.3 is 9.73 Å². The van der Waals surface area contributed by atoms with Crippen LogP contribution in [0.1, 0.15) is 30.2 Å². The first-order valence-electron chi connectivity index (χ1n) is 7.45. The zero-order chi connectivity index (χ0) is 14.9. The van der Waals surface area contributed by atoms with Gasteiger partial charge in [-0.15, -0.1) is 5.10 Å². The van der Waals surface area contributed by atoms with Crippen LogP contribution in [0.25, 0.3) is 11.0 Å². The standard InChI is InChI=1S/C16H16N4O2/c21-16(10-20-14-6-2-1-4-13(14)18-19-20)17-12-5-3-7-15-11(12)8-9-22-15/h1-2,4,6,8-9,12H,3,5,7,10H2,(H,17,21)/t12-/m0/s1. The van der Waals surface area contributed by atoms with Crippen LogP contribution in [0.4, 0.5) is 0 Å². The Morgan fingerprint density at radius 2 is 2.27 bits per heavy atom. The van der Waals surface area contributed by atoms with Crippen LogP contribution in [0, 0.1) is 0 Å². The van der Waals surface area contributed by atoms with E-state index in [9.17, 15) is 4.79 Å². The summed E-state index contributed by atoms with van der Waals surface area (Å²) < 4.78 is 7.08. The van der Waals surface area contributed by atoms with Crippen molar-refractivity contribution in [1.82, 2.24) is 20.3 Å². The Bertz CT molecular complexity index is 820. The van der Waals surface area contributed by atoms with E-state index in [1.165, 1.54) is 0 Å². The van der Waals surface area contributed by atoms with E-state index in [2.05, 4.69) is 15.6 Å². The first-order valence-corrected chi connectivity index (χ1v) is 7.45. The predicted octanol–water partition coefficient (Wildman–Crippen LogP) is 2.22. The fourth-order valence-corrected chi connectivity index (χ4v) is 3.05. The van der Waals surface area contributed by atoms with E-state index in [0.29, 0.717) is 0 Å². The Hall–Kier alpha value is -2.63. The average Bonchev–Trinajstić information content (AvgIpc) is 3.15. The number of fused-ring (bicyclic) bond motifs is 2. The number of nitrogens with zero attached hydrogens (tertiary/aromatic N) is 3. The number of carbonyl (C=O) groups excluding carboxylic acids is 1. The number of rotatable bonds is 3. The summed E-state index contributed by atoms with van der Waals surface area (Å²) in [5, 5.41) is 11.2. The molecule has 112 valence electrons. The van der Waals surface area contributed by atoms with E-state index in [1.54, 1.807) is 10.9 Å². The molecule has 1 aliphatic carbocycles. The third-order valence-corrected chi connectivity index (χ3v) is 4.10. The molecule has 3 aromatic rings. The van der Waals surface area contributed by atoms with Gasteiger partial charge in [0.05, 0.1) is 17.8 Å².